The van der Waals surface area contributed by atoms with Gasteiger partial charge in [0.15, 0.2) is 6.29 Å². The fraction of sp³-hybridized carbons (Fsp3) is 0.800. The van der Waals surface area contributed by atoms with Gasteiger partial charge in [-0.15, -0.1) is 0 Å². The van der Waals surface area contributed by atoms with Crippen molar-refractivity contribution in [3.8, 4) is 0 Å². The predicted octanol–water partition coefficient (Wildman–Crippen LogP) is -3.27. The molecule has 1 rings (SSSR count). The zero-order chi connectivity index (χ0) is 25.3. The van der Waals surface area contributed by atoms with Gasteiger partial charge in [-0.3, -0.25) is 14.4 Å². The second kappa shape index (κ2) is 13.5. The molecule has 8 atom stereocenters. The summed E-state index contributed by atoms with van der Waals surface area (Å²) < 4.78 is 11.0. The minimum atomic E-state index is -1.58. The fourth-order valence-electron chi connectivity index (χ4n) is 3.66. The molecule has 0 bridgehead atoms. The van der Waals surface area contributed by atoms with Gasteiger partial charge in [-0.2, -0.15) is 0 Å². The van der Waals surface area contributed by atoms with Gasteiger partial charge in [0.05, 0.1) is 18.8 Å². The Morgan fingerprint density at radius 1 is 1.30 bits per heavy atom. The number of aldehydes is 1. The number of nitrogens with two attached hydrogens (primary N) is 2. The van der Waals surface area contributed by atoms with Gasteiger partial charge in [-0.25, -0.2) is 0 Å². The third-order valence-corrected chi connectivity index (χ3v) is 5.39. The Morgan fingerprint density at radius 2 is 1.94 bits per heavy atom. The monoisotopic (exact) mass is 476 g/mol. The van der Waals surface area contributed by atoms with Crippen LogP contribution in [0.5, 0.6) is 0 Å². The molecule has 1 aliphatic heterocycles. The summed E-state index contributed by atoms with van der Waals surface area (Å²) in [5.41, 5.74) is 11.4. The zero-order valence-corrected chi connectivity index (χ0v) is 19.1. The summed E-state index contributed by atoms with van der Waals surface area (Å²) in [6.45, 7) is 3.64. The van der Waals surface area contributed by atoms with Crippen molar-refractivity contribution in [3.05, 3.63) is 0 Å². The number of amides is 3. The van der Waals surface area contributed by atoms with Gasteiger partial charge in [-0.1, -0.05) is 6.92 Å². The normalized spacial score (nSPS) is 27.8. The summed E-state index contributed by atoms with van der Waals surface area (Å²) in [5.74, 6) is -1.91. The quantitative estimate of drug-likeness (QED) is 0.146. The third-order valence-electron chi connectivity index (χ3n) is 5.39. The van der Waals surface area contributed by atoms with Crippen LogP contribution in [0.3, 0.4) is 0 Å². The third kappa shape index (κ3) is 7.98. The number of carbonyl (C=O) groups is 4. The minimum Gasteiger partial charge on any atom is -0.394 e. The molecule has 13 nitrogen and oxygen atoms in total. The molecule has 0 aromatic rings. The number of aliphatic hydroxyl groups is 3. The van der Waals surface area contributed by atoms with Crippen molar-refractivity contribution in [2.45, 2.75) is 88.9 Å². The fourth-order valence-corrected chi connectivity index (χ4v) is 3.66. The lowest BCUT2D eigenvalue weighted by atomic mass is 9.96. The van der Waals surface area contributed by atoms with E-state index in [4.69, 9.17) is 20.9 Å². The number of primary amides is 1. The molecule has 1 heterocycles. The molecule has 33 heavy (non-hydrogen) atoms. The number of hydrogen-bond acceptors (Lipinski definition) is 10. The first-order valence-electron chi connectivity index (χ1n) is 10.8. The van der Waals surface area contributed by atoms with E-state index in [0.29, 0.717) is 6.29 Å². The highest BCUT2D eigenvalue weighted by molar-refractivity contribution is 5.89. The zero-order valence-electron chi connectivity index (χ0n) is 19.1. The molecular weight excluding hydrogens is 440 g/mol. The Hall–Kier alpha value is -2.16. The summed E-state index contributed by atoms with van der Waals surface area (Å²) >= 11 is 0. The molecule has 0 spiro atoms. The summed E-state index contributed by atoms with van der Waals surface area (Å²) in [5, 5.41) is 32.7. The summed E-state index contributed by atoms with van der Waals surface area (Å²) in [4.78, 5) is 48.5. The molecule has 13 heteroatoms. The first kappa shape index (κ1) is 28.9. The lowest BCUT2D eigenvalue weighted by Crippen LogP contribution is -2.65. The second-order valence-electron chi connectivity index (χ2n) is 8.04. The van der Waals surface area contributed by atoms with E-state index in [-0.39, 0.29) is 25.8 Å². The average Bonchev–Trinajstić information content (AvgIpc) is 2.76. The van der Waals surface area contributed by atoms with Crippen LogP contribution in [-0.4, -0.2) is 106 Å². The molecular formula is C20H36N4O9. The first-order valence-corrected chi connectivity index (χ1v) is 10.8. The predicted molar refractivity (Wildman–Crippen MR) is 114 cm³/mol. The lowest BCUT2D eigenvalue weighted by Gasteiger charge is -2.44. The highest BCUT2D eigenvalue weighted by Crippen LogP contribution is 2.24. The maximum Gasteiger partial charge on any atom is 0.240 e. The Labute approximate surface area is 192 Å². The van der Waals surface area contributed by atoms with Crippen molar-refractivity contribution in [2.75, 3.05) is 13.2 Å². The van der Waals surface area contributed by atoms with Crippen molar-refractivity contribution < 1.29 is 44.0 Å². The Morgan fingerprint density at radius 3 is 2.42 bits per heavy atom. The highest BCUT2D eigenvalue weighted by atomic mass is 16.6. The van der Waals surface area contributed by atoms with Gasteiger partial charge in [-0.05, 0) is 19.8 Å². The molecule has 3 amide bonds. The molecule has 0 aromatic carbocycles. The molecule has 8 N–H and O–H groups in total. The van der Waals surface area contributed by atoms with Crippen molar-refractivity contribution in [3.63, 3.8) is 0 Å². The van der Waals surface area contributed by atoms with Gasteiger partial charge in [0.1, 0.15) is 36.7 Å². The molecule has 0 saturated carbocycles. The van der Waals surface area contributed by atoms with Crippen LogP contribution in [0.25, 0.3) is 0 Å². The number of nitrogens with zero attached hydrogens (tertiary/aromatic N) is 1. The van der Waals surface area contributed by atoms with E-state index in [1.54, 1.807) is 13.8 Å². The van der Waals surface area contributed by atoms with E-state index in [1.807, 2.05) is 0 Å². The van der Waals surface area contributed by atoms with E-state index in [2.05, 4.69) is 5.32 Å². The van der Waals surface area contributed by atoms with Crippen molar-refractivity contribution in [2.24, 2.45) is 11.5 Å². The van der Waals surface area contributed by atoms with E-state index in [9.17, 15) is 34.5 Å². The van der Waals surface area contributed by atoms with Crippen molar-refractivity contribution in [1.82, 2.24) is 10.2 Å². The summed E-state index contributed by atoms with van der Waals surface area (Å²) in [6, 6.07) is -3.21. The second-order valence-corrected chi connectivity index (χ2v) is 8.04. The lowest BCUT2D eigenvalue weighted by molar-refractivity contribution is -0.268. The van der Waals surface area contributed by atoms with Gasteiger partial charge >= 0.3 is 0 Å². The summed E-state index contributed by atoms with van der Waals surface area (Å²) in [7, 11) is 0. The SMILES string of the molecule is CCC(N)C(=O)N(CC(C)O[C@H]1[C@H](O)[C@@H](CO)O[C@H](O)[C@@H]1NC(C)=O)[C@H](CCC=O)C(N)=O. The molecule has 1 aliphatic rings. The Bertz CT molecular complexity index is 680. The molecule has 0 radical (unpaired) electrons. The smallest absolute Gasteiger partial charge is 0.240 e. The van der Waals surface area contributed by atoms with Crippen LogP contribution in [-0.2, 0) is 28.7 Å². The van der Waals surface area contributed by atoms with Gasteiger partial charge in [0.2, 0.25) is 17.7 Å². The van der Waals surface area contributed by atoms with Crippen LogP contribution in [0, 0.1) is 0 Å². The van der Waals surface area contributed by atoms with Gasteiger partial charge in [0, 0.05) is 19.9 Å². The number of rotatable bonds is 13. The van der Waals surface area contributed by atoms with Crippen LogP contribution in [0.1, 0.15) is 40.0 Å². The number of hydrogen-bond donors (Lipinski definition) is 6. The molecule has 0 aromatic heterocycles. The van der Waals surface area contributed by atoms with Gasteiger partial charge < -0.3 is 51.3 Å². The average molecular weight is 477 g/mol. The molecule has 1 saturated heterocycles. The Balaban J connectivity index is 3.15. The van der Waals surface area contributed by atoms with Crippen LogP contribution in [0.15, 0.2) is 0 Å². The van der Waals surface area contributed by atoms with Crippen LogP contribution in [0.2, 0.25) is 0 Å². The minimum absolute atomic E-state index is 0.00651. The Kier molecular flexibility index (Phi) is 11.8. The largest absolute Gasteiger partial charge is 0.394 e. The standard InChI is InChI=1S/C20H36N4O9/c1-4-12(21)19(30)24(13(18(22)29)6-5-7-25)8-10(2)32-17-15(23-11(3)27)20(31)33-14(9-26)16(17)28/h7,10,12-17,20,26,28,31H,4-6,8-9,21H2,1-3H3,(H2,22,29)(H,23,27)/t10?,12?,13-,14-,15-,16-,17-,20+/m1/s1. The maximum absolute atomic E-state index is 12.9. The van der Waals surface area contributed by atoms with E-state index < -0.39 is 73.2 Å². The molecule has 190 valence electrons. The molecule has 0 aliphatic carbocycles. The van der Waals surface area contributed by atoms with E-state index in [0.717, 1.165) is 4.90 Å². The molecule has 1 fully saturated rings. The number of carbonyl (C=O) groups excluding carboxylic acids is 4. The number of ether oxygens (including phenoxy) is 2. The first-order chi connectivity index (χ1) is 15.5. The van der Waals surface area contributed by atoms with Crippen molar-refractivity contribution in [1.29, 1.82) is 0 Å². The van der Waals surface area contributed by atoms with E-state index in [1.165, 1.54) is 6.92 Å². The van der Waals surface area contributed by atoms with E-state index >= 15 is 0 Å². The van der Waals surface area contributed by atoms with Gasteiger partial charge in [0.25, 0.3) is 0 Å². The van der Waals surface area contributed by atoms with Crippen LogP contribution >= 0.6 is 0 Å². The van der Waals surface area contributed by atoms with Crippen molar-refractivity contribution >= 4 is 24.0 Å². The topological polar surface area (TPSA) is 215 Å². The highest BCUT2D eigenvalue weighted by Gasteiger charge is 2.46. The molecule has 2 unspecified atom stereocenters. The van der Waals surface area contributed by atoms with Crippen LogP contribution < -0.4 is 16.8 Å². The van der Waals surface area contributed by atoms with Crippen LogP contribution in [0.4, 0.5) is 0 Å². The summed E-state index contributed by atoms with van der Waals surface area (Å²) in [6.07, 6.45) is -5.39. The maximum atomic E-state index is 12.9. The number of aliphatic hydroxyl groups excluding tert-OH is 3. The number of nitrogens with one attached hydrogen (secondary N) is 1.